The molecule has 0 spiro atoms. The number of nitro benzene ring substituents is 1. The van der Waals surface area contributed by atoms with Crippen LogP contribution in [0.3, 0.4) is 0 Å². The van der Waals surface area contributed by atoms with Crippen molar-refractivity contribution in [3.05, 3.63) is 81.4 Å². The first kappa shape index (κ1) is 19.2. The molecule has 3 unspecified atom stereocenters. The molecule has 3 atom stereocenters. The molecule has 29 heavy (non-hydrogen) atoms. The third-order valence-electron chi connectivity index (χ3n) is 5.58. The molecular formula is C23H25N3O3. The molecule has 2 aromatic rings. The summed E-state index contributed by atoms with van der Waals surface area (Å²) < 4.78 is 0. The van der Waals surface area contributed by atoms with Crippen LogP contribution in [0.15, 0.2) is 54.6 Å². The number of benzene rings is 2. The van der Waals surface area contributed by atoms with Gasteiger partial charge >= 0.3 is 0 Å². The average molecular weight is 391 g/mol. The third kappa shape index (κ3) is 3.75. The van der Waals surface area contributed by atoms with Crippen molar-refractivity contribution in [2.45, 2.75) is 44.7 Å². The van der Waals surface area contributed by atoms with E-state index in [-0.39, 0.29) is 34.0 Å². The maximum Gasteiger partial charge on any atom is 0.269 e. The lowest BCUT2D eigenvalue weighted by Crippen LogP contribution is -2.40. The summed E-state index contributed by atoms with van der Waals surface area (Å²) in [5.74, 6) is 0.454. The number of rotatable bonds is 3. The quantitative estimate of drug-likeness (QED) is 0.440. The van der Waals surface area contributed by atoms with E-state index in [1.807, 2.05) is 51.1 Å². The summed E-state index contributed by atoms with van der Waals surface area (Å²) in [6.07, 6.45) is 5.33. The molecule has 0 saturated heterocycles. The maximum absolute atomic E-state index is 12.6. The fourth-order valence-corrected chi connectivity index (χ4v) is 4.28. The molecule has 150 valence electrons. The van der Waals surface area contributed by atoms with E-state index in [2.05, 4.69) is 22.8 Å². The second-order valence-electron chi connectivity index (χ2n) is 8.83. The number of hydrogen-bond donors (Lipinski definition) is 2. The summed E-state index contributed by atoms with van der Waals surface area (Å²) in [7, 11) is 0. The Morgan fingerprint density at radius 2 is 1.90 bits per heavy atom. The summed E-state index contributed by atoms with van der Waals surface area (Å²) in [6.45, 7) is 5.90. The van der Waals surface area contributed by atoms with Gasteiger partial charge in [-0.2, -0.15) is 0 Å². The van der Waals surface area contributed by atoms with Crippen LogP contribution in [0.25, 0.3) is 0 Å². The standard InChI is InChI=1S/C23H25N3O3/c1-23(2,3)25-22(27)15-9-12-20-19(13-15)17-5-4-6-18(17)21(24-20)14-7-10-16(11-8-14)26(28)29/h4-5,7-13,17-18,21,24H,6H2,1-3H3,(H,25,27). The molecule has 6 heteroatoms. The molecule has 1 aliphatic heterocycles. The van der Waals surface area contributed by atoms with E-state index in [1.165, 1.54) is 0 Å². The van der Waals surface area contributed by atoms with Gasteiger partial charge in [-0.3, -0.25) is 14.9 Å². The Labute approximate surface area is 170 Å². The topological polar surface area (TPSA) is 84.3 Å². The molecule has 0 radical (unpaired) electrons. The summed E-state index contributed by atoms with van der Waals surface area (Å²) in [4.78, 5) is 23.2. The van der Waals surface area contributed by atoms with Crippen LogP contribution >= 0.6 is 0 Å². The highest BCUT2D eigenvalue weighted by Gasteiger charge is 2.38. The summed E-state index contributed by atoms with van der Waals surface area (Å²) in [5, 5.41) is 17.6. The predicted molar refractivity (Wildman–Crippen MR) is 113 cm³/mol. The lowest BCUT2D eigenvalue weighted by molar-refractivity contribution is -0.384. The van der Waals surface area contributed by atoms with Crippen molar-refractivity contribution in [1.82, 2.24) is 5.32 Å². The fraction of sp³-hybridized carbons (Fsp3) is 0.348. The molecular weight excluding hydrogens is 366 g/mol. The number of anilines is 1. The predicted octanol–water partition coefficient (Wildman–Crippen LogP) is 4.95. The number of non-ortho nitro benzene ring substituents is 1. The van der Waals surface area contributed by atoms with E-state index in [1.54, 1.807) is 12.1 Å². The van der Waals surface area contributed by atoms with E-state index in [0.717, 1.165) is 23.2 Å². The van der Waals surface area contributed by atoms with Crippen LogP contribution in [0.4, 0.5) is 11.4 Å². The normalized spacial score (nSPS) is 22.4. The molecule has 0 saturated carbocycles. The molecule has 2 aromatic carbocycles. The number of hydrogen-bond acceptors (Lipinski definition) is 4. The zero-order valence-electron chi connectivity index (χ0n) is 16.8. The fourth-order valence-electron chi connectivity index (χ4n) is 4.28. The number of carbonyl (C=O) groups is 1. The molecule has 0 aromatic heterocycles. The number of amides is 1. The first-order chi connectivity index (χ1) is 13.7. The highest BCUT2D eigenvalue weighted by Crippen LogP contribution is 2.50. The Morgan fingerprint density at radius 1 is 1.17 bits per heavy atom. The number of nitrogens with one attached hydrogen (secondary N) is 2. The molecule has 1 amide bonds. The SMILES string of the molecule is CC(C)(C)NC(=O)c1ccc2c(c1)C1C=CCC1C(c1ccc([N+](=O)[O-])cc1)N2. The van der Waals surface area contributed by atoms with Crippen molar-refractivity contribution < 1.29 is 9.72 Å². The van der Waals surface area contributed by atoms with Gasteiger partial charge in [0.25, 0.3) is 11.6 Å². The molecule has 0 bridgehead atoms. The summed E-state index contributed by atoms with van der Waals surface area (Å²) in [5.41, 5.74) is 3.64. The molecule has 0 fully saturated rings. The van der Waals surface area contributed by atoms with Gasteiger partial charge in [-0.05, 0) is 62.4 Å². The molecule has 1 heterocycles. The average Bonchev–Trinajstić information content (AvgIpc) is 3.16. The van der Waals surface area contributed by atoms with Crippen LogP contribution in [-0.4, -0.2) is 16.4 Å². The van der Waals surface area contributed by atoms with Crippen LogP contribution in [0, 0.1) is 16.0 Å². The minimum absolute atomic E-state index is 0.0672. The Hall–Kier alpha value is -3.15. The van der Waals surface area contributed by atoms with Crippen LogP contribution in [0.5, 0.6) is 0 Å². The van der Waals surface area contributed by atoms with Crippen LogP contribution in [0.1, 0.15) is 60.6 Å². The largest absolute Gasteiger partial charge is 0.378 e. The van der Waals surface area contributed by atoms with Gasteiger partial charge in [-0.15, -0.1) is 0 Å². The van der Waals surface area contributed by atoms with Gasteiger partial charge in [-0.1, -0.05) is 24.3 Å². The van der Waals surface area contributed by atoms with Gasteiger partial charge in [0, 0.05) is 34.8 Å². The molecule has 1 aliphatic carbocycles. The van der Waals surface area contributed by atoms with E-state index in [4.69, 9.17) is 0 Å². The molecule has 4 rings (SSSR count). The van der Waals surface area contributed by atoms with Gasteiger partial charge in [0.15, 0.2) is 0 Å². The minimum atomic E-state index is -0.378. The number of carbonyl (C=O) groups excluding carboxylic acids is 1. The number of allylic oxidation sites excluding steroid dienone is 2. The summed E-state index contributed by atoms with van der Waals surface area (Å²) in [6, 6.07) is 12.7. The van der Waals surface area contributed by atoms with Crippen molar-refractivity contribution >= 4 is 17.3 Å². The van der Waals surface area contributed by atoms with E-state index in [0.29, 0.717) is 11.5 Å². The third-order valence-corrected chi connectivity index (χ3v) is 5.58. The monoisotopic (exact) mass is 391 g/mol. The smallest absolute Gasteiger partial charge is 0.269 e. The van der Waals surface area contributed by atoms with Gasteiger partial charge in [0.1, 0.15) is 0 Å². The Balaban J connectivity index is 1.65. The second kappa shape index (κ2) is 7.03. The van der Waals surface area contributed by atoms with Crippen molar-refractivity contribution in [3.63, 3.8) is 0 Å². The zero-order valence-corrected chi connectivity index (χ0v) is 16.8. The minimum Gasteiger partial charge on any atom is -0.378 e. The first-order valence-corrected chi connectivity index (χ1v) is 9.87. The van der Waals surface area contributed by atoms with Gasteiger partial charge in [0.2, 0.25) is 0 Å². The lowest BCUT2D eigenvalue weighted by atomic mass is 9.76. The van der Waals surface area contributed by atoms with Crippen molar-refractivity contribution in [1.29, 1.82) is 0 Å². The Morgan fingerprint density at radius 3 is 2.55 bits per heavy atom. The van der Waals surface area contributed by atoms with E-state index < -0.39 is 0 Å². The van der Waals surface area contributed by atoms with Crippen molar-refractivity contribution in [2.75, 3.05) is 5.32 Å². The van der Waals surface area contributed by atoms with Gasteiger partial charge in [-0.25, -0.2) is 0 Å². The van der Waals surface area contributed by atoms with Crippen LogP contribution < -0.4 is 10.6 Å². The first-order valence-electron chi connectivity index (χ1n) is 9.87. The molecule has 2 N–H and O–H groups in total. The van der Waals surface area contributed by atoms with Gasteiger partial charge in [0.05, 0.1) is 11.0 Å². The van der Waals surface area contributed by atoms with Crippen molar-refractivity contribution in [2.24, 2.45) is 5.92 Å². The number of nitrogens with zero attached hydrogens (tertiary/aromatic N) is 1. The molecule has 6 nitrogen and oxygen atoms in total. The van der Waals surface area contributed by atoms with E-state index in [9.17, 15) is 14.9 Å². The van der Waals surface area contributed by atoms with Gasteiger partial charge < -0.3 is 10.6 Å². The Kier molecular flexibility index (Phi) is 4.65. The number of nitro groups is 1. The van der Waals surface area contributed by atoms with Crippen LogP contribution in [-0.2, 0) is 0 Å². The summed E-state index contributed by atoms with van der Waals surface area (Å²) >= 11 is 0. The van der Waals surface area contributed by atoms with Crippen molar-refractivity contribution in [3.8, 4) is 0 Å². The number of fused-ring (bicyclic) bond motifs is 3. The highest BCUT2D eigenvalue weighted by molar-refractivity contribution is 5.95. The van der Waals surface area contributed by atoms with E-state index >= 15 is 0 Å². The highest BCUT2D eigenvalue weighted by atomic mass is 16.6. The lowest BCUT2D eigenvalue weighted by Gasteiger charge is -2.37. The van der Waals surface area contributed by atoms with Crippen LogP contribution in [0.2, 0.25) is 0 Å². The maximum atomic E-state index is 12.6. The second-order valence-corrected chi connectivity index (χ2v) is 8.83. The Bertz CT molecular complexity index is 989. The molecule has 2 aliphatic rings. The zero-order chi connectivity index (χ0) is 20.8.